The van der Waals surface area contributed by atoms with Crippen LogP contribution in [0.4, 0.5) is 5.69 Å². The molecule has 0 spiro atoms. The lowest BCUT2D eigenvalue weighted by Crippen LogP contribution is -2.08. The van der Waals surface area contributed by atoms with Gasteiger partial charge in [0.25, 0.3) is 0 Å². The van der Waals surface area contributed by atoms with Crippen LogP contribution in [-0.4, -0.2) is 27.2 Å². The normalized spacial score (nSPS) is 11.4. The van der Waals surface area contributed by atoms with Crippen LogP contribution in [0.1, 0.15) is 30.5 Å². The fourth-order valence-electron chi connectivity index (χ4n) is 4.38. The molecule has 0 saturated heterocycles. The van der Waals surface area contributed by atoms with E-state index in [9.17, 15) is 4.79 Å². The van der Waals surface area contributed by atoms with Crippen LogP contribution >= 0.6 is 0 Å². The van der Waals surface area contributed by atoms with E-state index >= 15 is 0 Å². The highest BCUT2D eigenvalue weighted by Gasteiger charge is 2.20. The summed E-state index contributed by atoms with van der Waals surface area (Å²) in [7, 11) is 4.88. The molecule has 0 bridgehead atoms. The van der Waals surface area contributed by atoms with Crippen molar-refractivity contribution in [2.45, 2.75) is 27.2 Å². The number of hydrogen-bond donors (Lipinski definition) is 1. The molecular formula is C30H31NO5. The first-order valence-corrected chi connectivity index (χ1v) is 11.8. The maximum atomic E-state index is 12.8. The minimum Gasteiger partial charge on any atom is -0.497 e. The highest BCUT2D eigenvalue weighted by atomic mass is 16.5. The molecule has 0 aliphatic carbocycles. The quantitative estimate of drug-likeness (QED) is 0.271. The highest BCUT2D eigenvalue weighted by molar-refractivity contribution is 6.06. The number of anilines is 1. The molecule has 1 heterocycles. The SMILES string of the molecule is CCc1ccc(NC(=O)/C=C(\C)c2cc3c(-c4cc(OC)ccc4OC)coc3c(C)c2OC)cc1. The second-order valence-corrected chi connectivity index (χ2v) is 8.54. The van der Waals surface area contributed by atoms with Crippen LogP contribution in [0.2, 0.25) is 0 Å². The number of carbonyl (C=O) groups excluding carboxylic acids is 1. The Morgan fingerprint density at radius 3 is 2.36 bits per heavy atom. The second-order valence-electron chi connectivity index (χ2n) is 8.54. The Morgan fingerprint density at radius 1 is 0.972 bits per heavy atom. The molecule has 1 N–H and O–H groups in total. The molecule has 0 radical (unpaired) electrons. The zero-order valence-electron chi connectivity index (χ0n) is 21.5. The van der Waals surface area contributed by atoms with E-state index in [0.717, 1.165) is 45.3 Å². The molecule has 0 atom stereocenters. The van der Waals surface area contributed by atoms with E-state index < -0.39 is 0 Å². The number of amides is 1. The fraction of sp³-hybridized carbons (Fsp3) is 0.233. The fourth-order valence-corrected chi connectivity index (χ4v) is 4.38. The summed E-state index contributed by atoms with van der Waals surface area (Å²) in [5.41, 5.74) is 6.82. The molecule has 0 saturated carbocycles. The van der Waals surface area contributed by atoms with Crippen molar-refractivity contribution in [3.8, 4) is 28.4 Å². The van der Waals surface area contributed by atoms with Crippen molar-refractivity contribution < 1.29 is 23.4 Å². The predicted octanol–water partition coefficient (Wildman–Crippen LogP) is 7.04. The molecule has 36 heavy (non-hydrogen) atoms. The molecule has 0 fully saturated rings. The molecule has 6 nitrogen and oxygen atoms in total. The third kappa shape index (κ3) is 4.80. The van der Waals surface area contributed by atoms with Crippen LogP contribution < -0.4 is 19.5 Å². The van der Waals surface area contributed by atoms with Crippen LogP contribution in [0.3, 0.4) is 0 Å². The maximum absolute atomic E-state index is 12.8. The van der Waals surface area contributed by atoms with Gasteiger partial charge in [-0.2, -0.15) is 0 Å². The lowest BCUT2D eigenvalue weighted by Gasteiger charge is -2.14. The number of carbonyl (C=O) groups is 1. The average Bonchev–Trinajstić information content (AvgIpc) is 3.32. The zero-order valence-corrected chi connectivity index (χ0v) is 21.5. The van der Waals surface area contributed by atoms with Crippen molar-refractivity contribution in [2.24, 2.45) is 0 Å². The summed E-state index contributed by atoms with van der Waals surface area (Å²) in [6, 6.07) is 15.5. The average molecular weight is 486 g/mol. The first-order valence-electron chi connectivity index (χ1n) is 11.8. The van der Waals surface area contributed by atoms with Crippen molar-refractivity contribution >= 4 is 28.1 Å². The topological polar surface area (TPSA) is 69.9 Å². The largest absolute Gasteiger partial charge is 0.497 e. The van der Waals surface area contributed by atoms with E-state index in [2.05, 4.69) is 12.2 Å². The van der Waals surface area contributed by atoms with Crippen LogP contribution in [0.25, 0.3) is 27.7 Å². The minimum atomic E-state index is -0.210. The summed E-state index contributed by atoms with van der Waals surface area (Å²) >= 11 is 0. The number of fused-ring (bicyclic) bond motifs is 1. The molecule has 186 valence electrons. The summed E-state index contributed by atoms with van der Waals surface area (Å²) in [5, 5.41) is 3.83. The van der Waals surface area contributed by atoms with Gasteiger partial charge in [0.1, 0.15) is 22.8 Å². The maximum Gasteiger partial charge on any atom is 0.248 e. The van der Waals surface area contributed by atoms with Crippen LogP contribution in [0.5, 0.6) is 17.2 Å². The molecule has 3 aromatic carbocycles. The van der Waals surface area contributed by atoms with Gasteiger partial charge in [-0.25, -0.2) is 0 Å². The van der Waals surface area contributed by atoms with E-state index in [0.29, 0.717) is 22.8 Å². The summed E-state index contributed by atoms with van der Waals surface area (Å²) in [6.45, 7) is 5.94. The van der Waals surface area contributed by atoms with Crippen molar-refractivity contribution in [2.75, 3.05) is 26.6 Å². The van der Waals surface area contributed by atoms with Gasteiger partial charge in [0.2, 0.25) is 5.91 Å². The minimum absolute atomic E-state index is 0.210. The van der Waals surface area contributed by atoms with Gasteiger partial charge in [-0.3, -0.25) is 4.79 Å². The Kier molecular flexibility index (Phi) is 7.34. The molecule has 0 aliphatic rings. The first-order chi connectivity index (χ1) is 17.4. The first kappa shape index (κ1) is 24.9. The number of furan rings is 1. The van der Waals surface area contributed by atoms with Crippen molar-refractivity contribution in [3.63, 3.8) is 0 Å². The van der Waals surface area contributed by atoms with E-state index in [4.69, 9.17) is 18.6 Å². The van der Waals surface area contributed by atoms with Crippen LogP contribution in [0, 0.1) is 6.92 Å². The monoisotopic (exact) mass is 485 g/mol. The van der Waals surface area contributed by atoms with Gasteiger partial charge < -0.3 is 23.9 Å². The second kappa shape index (κ2) is 10.6. The molecule has 4 rings (SSSR count). The van der Waals surface area contributed by atoms with Crippen molar-refractivity contribution in [3.05, 3.63) is 77.6 Å². The Morgan fingerprint density at radius 2 is 1.72 bits per heavy atom. The summed E-state index contributed by atoms with van der Waals surface area (Å²) < 4.78 is 22.8. The number of methoxy groups -OCH3 is 3. The number of benzene rings is 3. The van der Waals surface area contributed by atoms with Gasteiger partial charge in [-0.05, 0) is 67.8 Å². The number of nitrogens with one attached hydrogen (secondary N) is 1. The standard InChI is InChI=1S/C30H31NO5/c1-7-20-8-10-21(11-9-20)31-28(32)14-18(2)23-16-25-26(17-36-30(25)19(3)29(23)35-6)24-15-22(33-4)12-13-27(24)34-5/h8-17H,7H2,1-6H3,(H,31,32)/b18-14+. The zero-order chi connectivity index (χ0) is 25.8. The van der Waals surface area contributed by atoms with Crippen LogP contribution in [0.15, 0.2) is 65.3 Å². The van der Waals surface area contributed by atoms with Gasteiger partial charge >= 0.3 is 0 Å². The van der Waals surface area contributed by atoms with E-state index in [1.54, 1.807) is 33.7 Å². The smallest absolute Gasteiger partial charge is 0.248 e. The molecule has 1 aromatic heterocycles. The Hall–Kier alpha value is -4.19. The Labute approximate surface area is 211 Å². The van der Waals surface area contributed by atoms with Gasteiger partial charge in [0, 0.05) is 39.4 Å². The Bertz CT molecular complexity index is 1430. The van der Waals surface area contributed by atoms with Gasteiger partial charge in [0.15, 0.2) is 0 Å². The summed E-state index contributed by atoms with van der Waals surface area (Å²) in [5.74, 6) is 1.87. The van der Waals surface area contributed by atoms with Crippen molar-refractivity contribution in [1.29, 1.82) is 0 Å². The number of aryl methyl sites for hydroxylation is 2. The predicted molar refractivity (Wildman–Crippen MR) is 144 cm³/mol. The molecule has 4 aromatic rings. The number of ether oxygens (including phenoxy) is 3. The van der Waals surface area contributed by atoms with E-state index in [1.807, 2.05) is 62.4 Å². The molecule has 0 unspecified atom stereocenters. The molecule has 1 amide bonds. The number of allylic oxidation sites excluding steroid dienone is 1. The van der Waals surface area contributed by atoms with Crippen molar-refractivity contribution in [1.82, 2.24) is 0 Å². The number of hydrogen-bond acceptors (Lipinski definition) is 5. The third-order valence-corrected chi connectivity index (χ3v) is 6.35. The van der Waals surface area contributed by atoms with Gasteiger partial charge in [0.05, 0.1) is 27.6 Å². The summed E-state index contributed by atoms with van der Waals surface area (Å²) in [4.78, 5) is 12.8. The van der Waals surface area contributed by atoms with Gasteiger partial charge in [-0.15, -0.1) is 0 Å². The summed E-state index contributed by atoms with van der Waals surface area (Å²) in [6.07, 6.45) is 4.25. The Balaban J connectivity index is 1.77. The van der Waals surface area contributed by atoms with Crippen LogP contribution in [-0.2, 0) is 11.2 Å². The third-order valence-electron chi connectivity index (χ3n) is 6.35. The molecule has 6 heteroatoms. The molecule has 0 aliphatic heterocycles. The lowest BCUT2D eigenvalue weighted by molar-refractivity contribution is -0.111. The highest BCUT2D eigenvalue weighted by Crippen LogP contribution is 2.43. The number of rotatable bonds is 8. The lowest BCUT2D eigenvalue weighted by atomic mass is 9.96. The van der Waals surface area contributed by atoms with Gasteiger partial charge in [-0.1, -0.05) is 19.1 Å². The van der Waals surface area contributed by atoms with E-state index in [-0.39, 0.29) is 5.91 Å². The molecular weight excluding hydrogens is 454 g/mol. The van der Waals surface area contributed by atoms with E-state index in [1.165, 1.54) is 5.56 Å².